The van der Waals surface area contributed by atoms with Crippen molar-refractivity contribution in [2.45, 2.75) is 58.2 Å². The molecule has 1 aromatic carbocycles. The fourth-order valence-electron chi connectivity index (χ4n) is 2.11. The lowest BCUT2D eigenvalue weighted by molar-refractivity contribution is 0.489. The largest absolute Gasteiger partial charge is 0.543 e. The second kappa shape index (κ2) is 4.82. The van der Waals surface area contributed by atoms with Gasteiger partial charge < -0.3 is 4.43 Å². The molecule has 0 amide bonds. The Morgan fingerprint density at radius 1 is 1.17 bits per heavy atom. The van der Waals surface area contributed by atoms with Gasteiger partial charge in [-0.3, -0.25) is 0 Å². The Hall–Kier alpha value is -0.0331. The summed E-state index contributed by atoms with van der Waals surface area (Å²) in [6.45, 7) is 11.5. The van der Waals surface area contributed by atoms with E-state index in [0.717, 1.165) is 5.75 Å². The lowest BCUT2D eigenvalue weighted by Gasteiger charge is -2.37. The first-order valence-electron chi connectivity index (χ1n) is 6.72. The van der Waals surface area contributed by atoms with Gasteiger partial charge in [0.05, 0.1) is 3.57 Å². The minimum absolute atomic E-state index is 0.259. The van der Waals surface area contributed by atoms with E-state index in [-0.39, 0.29) is 5.04 Å². The molecule has 0 aliphatic heterocycles. The maximum Gasteiger partial charge on any atom is 0.250 e. The molecule has 1 aliphatic rings. The molecule has 100 valence electrons. The molecule has 0 radical (unpaired) electrons. The highest BCUT2D eigenvalue weighted by Gasteiger charge is 2.39. The zero-order valence-corrected chi connectivity index (χ0v) is 15.2. The molecule has 0 spiro atoms. The van der Waals surface area contributed by atoms with Gasteiger partial charge in [0.1, 0.15) is 5.75 Å². The molecule has 0 saturated heterocycles. The molecule has 1 aliphatic carbocycles. The summed E-state index contributed by atoms with van der Waals surface area (Å²) in [6, 6.07) is 4.46. The summed E-state index contributed by atoms with van der Waals surface area (Å²) in [4.78, 5) is 0. The lowest BCUT2D eigenvalue weighted by Crippen LogP contribution is -2.44. The maximum absolute atomic E-state index is 6.45. The van der Waals surface area contributed by atoms with E-state index < -0.39 is 8.32 Å². The van der Waals surface area contributed by atoms with Gasteiger partial charge in [-0.25, -0.2) is 0 Å². The molecule has 2 rings (SSSR count). The second-order valence-corrected chi connectivity index (χ2v) is 12.5. The first-order chi connectivity index (χ1) is 8.22. The van der Waals surface area contributed by atoms with Gasteiger partial charge in [0.25, 0.3) is 8.32 Å². The Bertz CT molecular complexity index is 460. The van der Waals surface area contributed by atoms with E-state index in [0.29, 0.717) is 0 Å². The van der Waals surface area contributed by atoms with Gasteiger partial charge in [0, 0.05) is 0 Å². The lowest BCUT2D eigenvalue weighted by atomic mass is 10.1. The number of benzene rings is 1. The highest BCUT2D eigenvalue weighted by atomic mass is 127. The van der Waals surface area contributed by atoms with Crippen molar-refractivity contribution in [3.63, 3.8) is 0 Å². The molecule has 0 heterocycles. The van der Waals surface area contributed by atoms with Crippen LogP contribution in [0.15, 0.2) is 12.1 Å². The van der Waals surface area contributed by atoms with E-state index in [1.54, 1.807) is 0 Å². The van der Waals surface area contributed by atoms with Crippen molar-refractivity contribution in [3.05, 3.63) is 26.8 Å². The normalized spacial score (nSPS) is 15.7. The summed E-state index contributed by atoms with van der Waals surface area (Å²) in [6.07, 6.45) is 3.77. The van der Waals surface area contributed by atoms with Crippen LogP contribution in [0.2, 0.25) is 18.1 Å². The van der Waals surface area contributed by atoms with Crippen LogP contribution < -0.4 is 4.43 Å². The molecular weight excluding hydrogens is 351 g/mol. The molecule has 1 nitrogen and oxygen atoms in total. The Kier molecular flexibility index (Phi) is 3.85. The van der Waals surface area contributed by atoms with Crippen LogP contribution >= 0.6 is 22.6 Å². The molecule has 0 unspecified atom stereocenters. The fourth-order valence-corrected chi connectivity index (χ4v) is 4.25. The summed E-state index contributed by atoms with van der Waals surface area (Å²) in [5.41, 5.74) is 3.06. The van der Waals surface area contributed by atoms with Crippen LogP contribution in [-0.2, 0) is 12.8 Å². The third kappa shape index (κ3) is 2.62. The first kappa shape index (κ1) is 14.4. The molecule has 1 aromatic rings. The van der Waals surface area contributed by atoms with Crippen LogP contribution in [0.4, 0.5) is 0 Å². The average molecular weight is 374 g/mol. The highest BCUT2D eigenvalue weighted by molar-refractivity contribution is 14.1. The quantitative estimate of drug-likeness (QED) is 0.513. The van der Waals surface area contributed by atoms with E-state index in [4.69, 9.17) is 4.43 Å². The van der Waals surface area contributed by atoms with E-state index in [1.807, 2.05) is 0 Å². The van der Waals surface area contributed by atoms with Crippen molar-refractivity contribution >= 4 is 30.9 Å². The second-order valence-electron chi connectivity index (χ2n) is 6.73. The Morgan fingerprint density at radius 2 is 1.83 bits per heavy atom. The SMILES string of the molecule is CC(C)(C)[Si](C)(C)Oc1ccc2c(c1I)CCC2. The van der Waals surface area contributed by atoms with Crippen LogP contribution in [0.1, 0.15) is 38.3 Å². The zero-order chi connectivity index (χ0) is 13.6. The van der Waals surface area contributed by atoms with Crippen LogP contribution in [0.5, 0.6) is 5.75 Å². The van der Waals surface area contributed by atoms with Gasteiger partial charge in [-0.15, -0.1) is 0 Å². The van der Waals surface area contributed by atoms with Crippen LogP contribution in [0.25, 0.3) is 0 Å². The molecule has 3 heteroatoms. The minimum atomic E-state index is -1.71. The van der Waals surface area contributed by atoms with E-state index >= 15 is 0 Å². The van der Waals surface area contributed by atoms with Crippen molar-refractivity contribution in [2.24, 2.45) is 0 Å². The van der Waals surface area contributed by atoms with Gasteiger partial charge in [-0.1, -0.05) is 26.8 Å². The molecule has 0 aromatic heterocycles. The van der Waals surface area contributed by atoms with Crippen molar-refractivity contribution in [2.75, 3.05) is 0 Å². The van der Waals surface area contributed by atoms with Gasteiger partial charge >= 0.3 is 0 Å². The van der Waals surface area contributed by atoms with Gasteiger partial charge in [0.15, 0.2) is 0 Å². The topological polar surface area (TPSA) is 9.23 Å². The predicted octanol–water partition coefficient (Wildman–Crippen LogP) is 5.16. The Morgan fingerprint density at radius 3 is 2.44 bits per heavy atom. The summed E-state index contributed by atoms with van der Waals surface area (Å²) < 4.78 is 7.81. The van der Waals surface area contributed by atoms with Gasteiger partial charge in [-0.2, -0.15) is 0 Å². The maximum atomic E-state index is 6.45. The number of halogens is 1. The van der Waals surface area contributed by atoms with E-state index in [9.17, 15) is 0 Å². The third-order valence-electron chi connectivity index (χ3n) is 4.35. The minimum Gasteiger partial charge on any atom is -0.543 e. The van der Waals surface area contributed by atoms with Crippen LogP contribution in [0.3, 0.4) is 0 Å². The first-order valence-corrected chi connectivity index (χ1v) is 10.7. The average Bonchev–Trinajstić information content (AvgIpc) is 2.69. The number of hydrogen-bond donors (Lipinski definition) is 0. The number of rotatable bonds is 2. The molecule has 0 bridgehead atoms. The van der Waals surface area contributed by atoms with Crippen molar-refractivity contribution in [1.82, 2.24) is 0 Å². The monoisotopic (exact) mass is 374 g/mol. The number of aryl methyl sites for hydroxylation is 1. The summed E-state index contributed by atoms with van der Waals surface area (Å²) in [5.74, 6) is 1.11. The molecule has 18 heavy (non-hydrogen) atoms. The van der Waals surface area contributed by atoms with Crippen molar-refractivity contribution in [1.29, 1.82) is 0 Å². The molecule has 0 saturated carbocycles. The number of hydrogen-bond acceptors (Lipinski definition) is 1. The number of fused-ring (bicyclic) bond motifs is 1. The van der Waals surface area contributed by atoms with Crippen LogP contribution in [-0.4, -0.2) is 8.32 Å². The van der Waals surface area contributed by atoms with Gasteiger partial charge in [0.2, 0.25) is 0 Å². The third-order valence-corrected chi connectivity index (χ3v) is 9.87. The Labute approximate surface area is 126 Å². The van der Waals surface area contributed by atoms with Gasteiger partial charge in [-0.05, 0) is 77.2 Å². The molecular formula is C15H23IOSi. The summed E-state index contributed by atoms with van der Waals surface area (Å²) in [5, 5.41) is 0.259. The zero-order valence-electron chi connectivity index (χ0n) is 12.1. The van der Waals surface area contributed by atoms with Crippen molar-refractivity contribution < 1.29 is 4.43 Å². The smallest absolute Gasteiger partial charge is 0.250 e. The summed E-state index contributed by atoms with van der Waals surface area (Å²) in [7, 11) is -1.71. The standard InChI is InChI=1S/C15H23IOSi/c1-15(2,3)18(4,5)17-13-10-9-11-7-6-8-12(11)14(13)16/h9-10H,6-8H2,1-5H3. The predicted molar refractivity (Wildman–Crippen MR) is 89.0 cm³/mol. The van der Waals surface area contributed by atoms with E-state index in [2.05, 4.69) is 68.6 Å². The summed E-state index contributed by atoms with van der Waals surface area (Å²) >= 11 is 2.47. The molecule has 0 fully saturated rings. The van der Waals surface area contributed by atoms with Crippen LogP contribution in [0, 0.1) is 3.57 Å². The Balaban J connectivity index is 2.31. The van der Waals surface area contributed by atoms with Crippen molar-refractivity contribution in [3.8, 4) is 5.75 Å². The fraction of sp³-hybridized carbons (Fsp3) is 0.600. The van der Waals surface area contributed by atoms with E-state index in [1.165, 1.54) is 34.0 Å². The highest BCUT2D eigenvalue weighted by Crippen LogP contribution is 2.40. The molecule has 0 atom stereocenters. The molecule has 0 N–H and O–H groups in total.